The fourth-order valence-electron chi connectivity index (χ4n) is 2.85. The van der Waals surface area contributed by atoms with Crippen molar-refractivity contribution >= 4 is 0 Å². The summed E-state index contributed by atoms with van der Waals surface area (Å²) in [5.41, 5.74) is 1.76. The van der Waals surface area contributed by atoms with Crippen LogP contribution >= 0.6 is 0 Å². The molecule has 0 saturated carbocycles. The Kier molecular flexibility index (Phi) is 4.05. The highest BCUT2D eigenvalue weighted by Crippen LogP contribution is 2.31. The van der Waals surface area contributed by atoms with E-state index in [1.165, 1.54) is 28.9 Å². The maximum atomic E-state index is 14.4. The van der Waals surface area contributed by atoms with Crippen molar-refractivity contribution in [3.8, 4) is 28.2 Å². The highest BCUT2D eigenvalue weighted by Gasteiger charge is 2.17. The standard InChI is InChI=1S/C21H13F3N2/c22-14-6-5-7-15(12-14)26-21(17-9-2-4-11-19(17)24)13-20(25-26)16-8-1-3-10-18(16)23/h1-13H. The SMILES string of the molecule is Fc1cccc(-n2nc(-c3ccccc3F)cc2-c2ccccc2F)c1. The Morgan fingerprint density at radius 2 is 1.31 bits per heavy atom. The summed E-state index contributed by atoms with van der Waals surface area (Å²) in [6, 6.07) is 19.8. The normalized spacial score (nSPS) is 10.9. The fraction of sp³-hybridized carbons (Fsp3) is 0. The molecule has 0 spiro atoms. The van der Waals surface area contributed by atoms with Crippen LogP contribution in [0.25, 0.3) is 28.2 Å². The molecular weight excluding hydrogens is 337 g/mol. The third-order valence-corrected chi connectivity index (χ3v) is 4.06. The summed E-state index contributed by atoms with van der Waals surface area (Å²) >= 11 is 0. The first-order valence-corrected chi connectivity index (χ1v) is 7.99. The molecule has 0 amide bonds. The first kappa shape index (κ1) is 16.1. The molecule has 2 nitrogen and oxygen atoms in total. The van der Waals surface area contributed by atoms with E-state index in [2.05, 4.69) is 5.10 Å². The highest BCUT2D eigenvalue weighted by atomic mass is 19.1. The van der Waals surface area contributed by atoms with E-state index in [0.29, 0.717) is 28.2 Å². The molecule has 1 aromatic heterocycles. The van der Waals surface area contributed by atoms with Crippen LogP contribution in [0.5, 0.6) is 0 Å². The molecule has 0 unspecified atom stereocenters. The molecule has 0 saturated heterocycles. The zero-order valence-corrected chi connectivity index (χ0v) is 13.5. The van der Waals surface area contributed by atoms with Gasteiger partial charge in [0, 0.05) is 11.1 Å². The summed E-state index contributed by atoms with van der Waals surface area (Å²) in [4.78, 5) is 0. The second-order valence-electron chi connectivity index (χ2n) is 5.77. The lowest BCUT2D eigenvalue weighted by molar-refractivity contribution is 0.624. The molecule has 4 rings (SSSR count). The lowest BCUT2D eigenvalue weighted by Gasteiger charge is -2.08. The van der Waals surface area contributed by atoms with Gasteiger partial charge in [-0.3, -0.25) is 0 Å². The number of rotatable bonds is 3. The molecule has 0 radical (unpaired) electrons. The summed E-state index contributed by atoms with van der Waals surface area (Å²) in [6.07, 6.45) is 0. The second kappa shape index (κ2) is 6.52. The molecule has 26 heavy (non-hydrogen) atoms. The zero-order chi connectivity index (χ0) is 18.1. The molecule has 0 bridgehead atoms. The molecule has 128 valence electrons. The van der Waals surface area contributed by atoms with Crippen LogP contribution < -0.4 is 0 Å². The van der Waals surface area contributed by atoms with Gasteiger partial charge in [-0.1, -0.05) is 30.3 Å². The highest BCUT2D eigenvalue weighted by molar-refractivity contribution is 5.71. The van der Waals surface area contributed by atoms with Gasteiger partial charge in [-0.25, -0.2) is 17.9 Å². The van der Waals surface area contributed by atoms with Crippen molar-refractivity contribution in [1.29, 1.82) is 0 Å². The van der Waals surface area contributed by atoms with Crippen molar-refractivity contribution in [3.63, 3.8) is 0 Å². The molecule has 0 N–H and O–H groups in total. The van der Waals surface area contributed by atoms with Crippen LogP contribution in [-0.2, 0) is 0 Å². The average molecular weight is 350 g/mol. The van der Waals surface area contributed by atoms with Crippen molar-refractivity contribution in [3.05, 3.63) is 96.3 Å². The maximum Gasteiger partial charge on any atom is 0.132 e. The van der Waals surface area contributed by atoms with E-state index in [0.717, 1.165) is 0 Å². The van der Waals surface area contributed by atoms with Crippen molar-refractivity contribution in [2.45, 2.75) is 0 Å². The van der Waals surface area contributed by atoms with E-state index in [9.17, 15) is 13.2 Å². The van der Waals surface area contributed by atoms with Gasteiger partial charge in [0.05, 0.1) is 17.1 Å². The Morgan fingerprint density at radius 3 is 1.96 bits per heavy atom. The van der Waals surface area contributed by atoms with Gasteiger partial charge in [0.15, 0.2) is 0 Å². The topological polar surface area (TPSA) is 17.8 Å². The van der Waals surface area contributed by atoms with Gasteiger partial charge in [-0.2, -0.15) is 5.10 Å². The van der Waals surface area contributed by atoms with Crippen LogP contribution in [0.1, 0.15) is 0 Å². The average Bonchev–Trinajstić information content (AvgIpc) is 3.07. The van der Waals surface area contributed by atoms with Gasteiger partial charge >= 0.3 is 0 Å². The molecule has 0 aliphatic heterocycles. The predicted molar refractivity (Wildman–Crippen MR) is 94.3 cm³/mol. The molecular formula is C21H13F3N2. The summed E-state index contributed by atoms with van der Waals surface area (Å²) < 4.78 is 43.6. The smallest absolute Gasteiger partial charge is 0.132 e. The van der Waals surface area contributed by atoms with Gasteiger partial charge in [0.1, 0.15) is 17.5 Å². The molecule has 0 fully saturated rings. The Hall–Kier alpha value is -3.34. The number of halogens is 3. The maximum absolute atomic E-state index is 14.4. The van der Waals surface area contributed by atoms with Gasteiger partial charge < -0.3 is 0 Å². The molecule has 1 heterocycles. The van der Waals surface area contributed by atoms with E-state index in [4.69, 9.17) is 0 Å². The molecule has 0 aliphatic carbocycles. The molecule has 0 atom stereocenters. The lowest BCUT2D eigenvalue weighted by Crippen LogP contribution is -2.01. The monoisotopic (exact) mass is 350 g/mol. The van der Waals surface area contributed by atoms with Gasteiger partial charge in [0.25, 0.3) is 0 Å². The molecule has 3 aromatic carbocycles. The van der Waals surface area contributed by atoms with Crippen LogP contribution in [0, 0.1) is 17.5 Å². The van der Waals surface area contributed by atoms with Gasteiger partial charge in [-0.05, 0) is 48.5 Å². The van der Waals surface area contributed by atoms with Crippen LogP contribution in [0.2, 0.25) is 0 Å². The Balaban J connectivity index is 1.97. The van der Waals surface area contributed by atoms with Crippen LogP contribution in [0.4, 0.5) is 13.2 Å². The van der Waals surface area contributed by atoms with Crippen molar-refractivity contribution < 1.29 is 13.2 Å². The Labute approximate surface area is 148 Å². The molecule has 4 aromatic rings. The fourth-order valence-corrected chi connectivity index (χ4v) is 2.85. The van der Waals surface area contributed by atoms with E-state index >= 15 is 0 Å². The van der Waals surface area contributed by atoms with Crippen LogP contribution in [-0.4, -0.2) is 9.78 Å². The number of aromatic nitrogens is 2. The summed E-state index contributed by atoms with van der Waals surface area (Å²) in [5.74, 6) is -1.31. The minimum absolute atomic E-state index is 0.292. The first-order valence-electron chi connectivity index (χ1n) is 7.99. The van der Waals surface area contributed by atoms with Crippen molar-refractivity contribution in [2.24, 2.45) is 0 Å². The van der Waals surface area contributed by atoms with Crippen molar-refractivity contribution in [2.75, 3.05) is 0 Å². The van der Waals surface area contributed by atoms with Crippen LogP contribution in [0.3, 0.4) is 0 Å². The summed E-state index contributed by atoms with van der Waals surface area (Å²) in [5, 5.41) is 4.41. The summed E-state index contributed by atoms with van der Waals surface area (Å²) in [6.45, 7) is 0. The van der Waals surface area contributed by atoms with E-state index in [1.54, 1.807) is 54.6 Å². The van der Waals surface area contributed by atoms with E-state index in [1.807, 2.05) is 0 Å². The number of hydrogen-bond acceptors (Lipinski definition) is 1. The molecule has 0 aliphatic rings. The Morgan fingerprint density at radius 1 is 0.654 bits per heavy atom. The third kappa shape index (κ3) is 2.88. The predicted octanol–water partition coefficient (Wildman–Crippen LogP) is 5.62. The first-order chi connectivity index (χ1) is 12.6. The number of hydrogen-bond donors (Lipinski definition) is 0. The largest absolute Gasteiger partial charge is 0.232 e. The van der Waals surface area contributed by atoms with Crippen molar-refractivity contribution in [1.82, 2.24) is 9.78 Å². The third-order valence-electron chi connectivity index (χ3n) is 4.06. The minimum atomic E-state index is -0.440. The zero-order valence-electron chi connectivity index (χ0n) is 13.5. The molecule has 5 heteroatoms. The lowest BCUT2D eigenvalue weighted by atomic mass is 10.1. The number of benzene rings is 3. The second-order valence-corrected chi connectivity index (χ2v) is 5.77. The summed E-state index contributed by atoms with van der Waals surface area (Å²) in [7, 11) is 0. The van der Waals surface area contributed by atoms with Gasteiger partial charge in [-0.15, -0.1) is 0 Å². The van der Waals surface area contributed by atoms with E-state index in [-0.39, 0.29) is 0 Å². The van der Waals surface area contributed by atoms with Gasteiger partial charge in [0.2, 0.25) is 0 Å². The van der Waals surface area contributed by atoms with E-state index < -0.39 is 17.5 Å². The Bertz CT molecular complexity index is 1090. The minimum Gasteiger partial charge on any atom is -0.232 e. The quantitative estimate of drug-likeness (QED) is 0.469. The number of nitrogens with zero attached hydrogens (tertiary/aromatic N) is 2. The van der Waals surface area contributed by atoms with Crippen LogP contribution in [0.15, 0.2) is 78.9 Å².